The number of allylic oxidation sites excluding steroid dienone is 18. The molecule has 0 spiro atoms. The predicted molar refractivity (Wildman–Crippen MR) is 265 cm³/mol. The molecule has 0 saturated carbocycles. The van der Waals surface area contributed by atoms with Gasteiger partial charge in [0.05, 0.1) is 0 Å². The monoisotopic (exact) mass is 859 g/mol. The Balaban J connectivity index is 4.43. The number of unbranched alkanes of at least 4 members (excludes halogenated alkanes) is 14. The van der Waals surface area contributed by atoms with Crippen molar-refractivity contribution in [2.45, 2.75) is 213 Å². The number of hydrogen-bond donors (Lipinski definition) is 0. The maximum atomic E-state index is 12.7. The van der Waals surface area contributed by atoms with Gasteiger partial charge in [-0.15, -0.1) is 0 Å². The Hall–Kier alpha value is -3.93. The largest absolute Gasteiger partial charge is 0.462 e. The summed E-state index contributed by atoms with van der Waals surface area (Å²) in [5.74, 6) is -0.998. The predicted octanol–water partition coefficient (Wildman–Crippen LogP) is 16.4. The molecule has 0 aromatic carbocycles. The van der Waals surface area contributed by atoms with Crippen molar-refractivity contribution in [2.24, 2.45) is 0 Å². The highest BCUT2D eigenvalue weighted by atomic mass is 16.6. The molecule has 0 heterocycles. The summed E-state index contributed by atoms with van der Waals surface area (Å²) in [6.45, 7) is 6.33. The van der Waals surface area contributed by atoms with Crippen LogP contribution < -0.4 is 0 Å². The van der Waals surface area contributed by atoms with Crippen LogP contribution in [-0.4, -0.2) is 37.2 Å². The molecule has 0 aromatic rings. The summed E-state index contributed by atoms with van der Waals surface area (Å²) in [5.41, 5.74) is 0. The van der Waals surface area contributed by atoms with Gasteiger partial charge in [-0.25, -0.2) is 0 Å². The molecule has 0 aliphatic carbocycles. The molecule has 0 radical (unpaired) electrons. The average Bonchev–Trinajstić information content (AvgIpc) is 3.27. The molecule has 0 fully saturated rings. The molecule has 0 aliphatic rings. The third-order valence-electron chi connectivity index (χ3n) is 9.96. The lowest BCUT2D eigenvalue weighted by Gasteiger charge is -2.18. The van der Waals surface area contributed by atoms with Crippen LogP contribution in [-0.2, 0) is 28.6 Å². The van der Waals surface area contributed by atoms with E-state index in [1.54, 1.807) is 0 Å². The molecule has 0 N–H and O–H groups in total. The summed E-state index contributed by atoms with van der Waals surface area (Å²) in [7, 11) is 0. The Morgan fingerprint density at radius 3 is 1.13 bits per heavy atom. The van der Waals surface area contributed by atoms with Crippen molar-refractivity contribution in [1.82, 2.24) is 0 Å². The molecule has 62 heavy (non-hydrogen) atoms. The molecule has 350 valence electrons. The third kappa shape index (κ3) is 47.1. The van der Waals surface area contributed by atoms with Crippen molar-refractivity contribution in [1.29, 1.82) is 0 Å². The van der Waals surface area contributed by atoms with Crippen molar-refractivity contribution >= 4 is 17.9 Å². The SMILES string of the molecule is CC/C=C\C/C=C\C/C=C\C/C=C\C/C=C\C/C=C\C/C=C\CCCC(=O)OCC(COC(=O)CCCCCCC/C=C\CCC)OC(=O)CCCCCCC/C=C\CCCC. The zero-order valence-electron chi connectivity index (χ0n) is 39.8. The molecule has 0 aromatic heterocycles. The first-order valence-electron chi connectivity index (χ1n) is 24.9. The maximum Gasteiger partial charge on any atom is 0.306 e. The van der Waals surface area contributed by atoms with Crippen LogP contribution in [0.25, 0.3) is 0 Å². The summed E-state index contributed by atoms with van der Waals surface area (Å²) >= 11 is 0. The Morgan fingerprint density at radius 2 is 0.677 bits per heavy atom. The molecular weight excluding hydrogens is 769 g/mol. The van der Waals surface area contributed by atoms with E-state index in [2.05, 4.69) is 130 Å². The minimum Gasteiger partial charge on any atom is -0.462 e. The van der Waals surface area contributed by atoms with Gasteiger partial charge in [0, 0.05) is 19.3 Å². The van der Waals surface area contributed by atoms with E-state index in [0.717, 1.165) is 122 Å². The lowest BCUT2D eigenvalue weighted by Crippen LogP contribution is -2.30. The molecule has 0 rings (SSSR count). The molecule has 1 unspecified atom stereocenters. The fourth-order valence-electron chi connectivity index (χ4n) is 6.24. The van der Waals surface area contributed by atoms with Crippen molar-refractivity contribution in [3.05, 3.63) is 109 Å². The van der Waals surface area contributed by atoms with Crippen LogP contribution in [0.5, 0.6) is 0 Å². The molecule has 0 amide bonds. The van der Waals surface area contributed by atoms with E-state index < -0.39 is 6.10 Å². The van der Waals surface area contributed by atoms with Crippen LogP contribution >= 0.6 is 0 Å². The normalized spacial score (nSPS) is 13.0. The fraction of sp³-hybridized carbons (Fsp3) is 0.625. The number of esters is 3. The highest BCUT2D eigenvalue weighted by Gasteiger charge is 2.19. The number of carbonyl (C=O) groups excluding carboxylic acids is 3. The second-order valence-corrected chi connectivity index (χ2v) is 16.0. The van der Waals surface area contributed by atoms with Crippen LogP contribution in [0.2, 0.25) is 0 Å². The lowest BCUT2D eigenvalue weighted by molar-refractivity contribution is -0.167. The summed E-state index contributed by atoms with van der Waals surface area (Å²) in [4.78, 5) is 37.8. The van der Waals surface area contributed by atoms with Gasteiger partial charge in [-0.1, -0.05) is 188 Å². The standard InChI is InChI=1S/C56H90O6/c1-4-7-10-13-16-19-22-23-24-25-26-27-28-29-30-31-32-33-35-37-40-43-46-49-55(58)61-52-53(51-60-54(57)48-45-42-39-36-21-18-15-12-9-6-3)62-56(59)50-47-44-41-38-34-20-17-14-11-8-5-2/h7,10,12,14-17,19,23-24,26-27,29-30,32-33,37,40,53H,4-6,8-9,11,13,18,20-22,25,28,31,34-36,38-39,41-52H2,1-3H3/b10-7-,15-12-,17-14-,19-16-,24-23-,27-26-,30-29-,33-32-,40-37-. The highest BCUT2D eigenvalue weighted by Crippen LogP contribution is 2.12. The average molecular weight is 859 g/mol. The summed E-state index contributed by atoms with van der Waals surface area (Å²) in [6.07, 6.45) is 66.6. The smallest absolute Gasteiger partial charge is 0.306 e. The zero-order chi connectivity index (χ0) is 45.1. The van der Waals surface area contributed by atoms with Gasteiger partial charge < -0.3 is 14.2 Å². The summed E-state index contributed by atoms with van der Waals surface area (Å²) in [5, 5.41) is 0. The minimum atomic E-state index is -0.808. The van der Waals surface area contributed by atoms with E-state index in [9.17, 15) is 14.4 Å². The quantitative estimate of drug-likeness (QED) is 0.0263. The van der Waals surface area contributed by atoms with Gasteiger partial charge in [0.15, 0.2) is 6.10 Å². The van der Waals surface area contributed by atoms with Gasteiger partial charge in [0.1, 0.15) is 13.2 Å². The number of carbonyl (C=O) groups is 3. The molecule has 0 aliphatic heterocycles. The van der Waals surface area contributed by atoms with Crippen molar-refractivity contribution in [2.75, 3.05) is 13.2 Å². The lowest BCUT2D eigenvalue weighted by atomic mass is 10.1. The molecule has 0 bridgehead atoms. The van der Waals surface area contributed by atoms with E-state index in [0.29, 0.717) is 19.3 Å². The second kappa shape index (κ2) is 49.7. The van der Waals surface area contributed by atoms with Crippen molar-refractivity contribution in [3.8, 4) is 0 Å². The van der Waals surface area contributed by atoms with Crippen molar-refractivity contribution < 1.29 is 28.6 Å². The van der Waals surface area contributed by atoms with E-state index in [1.165, 1.54) is 38.5 Å². The molecule has 6 heteroatoms. The maximum absolute atomic E-state index is 12.7. The first-order valence-corrected chi connectivity index (χ1v) is 24.9. The second-order valence-electron chi connectivity index (χ2n) is 16.0. The molecular formula is C56H90O6. The third-order valence-corrected chi connectivity index (χ3v) is 9.96. The fourth-order valence-corrected chi connectivity index (χ4v) is 6.24. The molecule has 1 atom stereocenters. The topological polar surface area (TPSA) is 78.9 Å². The Kier molecular flexibility index (Phi) is 46.6. The Bertz CT molecular complexity index is 1310. The van der Waals surface area contributed by atoms with Crippen molar-refractivity contribution in [3.63, 3.8) is 0 Å². The van der Waals surface area contributed by atoms with Gasteiger partial charge in [-0.2, -0.15) is 0 Å². The van der Waals surface area contributed by atoms with Gasteiger partial charge in [0.25, 0.3) is 0 Å². The Labute approximate surface area is 380 Å². The minimum absolute atomic E-state index is 0.106. The van der Waals surface area contributed by atoms with E-state index >= 15 is 0 Å². The van der Waals surface area contributed by atoms with Gasteiger partial charge >= 0.3 is 17.9 Å². The summed E-state index contributed by atoms with van der Waals surface area (Å²) < 4.78 is 16.7. The van der Waals surface area contributed by atoms with E-state index in [1.807, 2.05) is 0 Å². The number of ether oxygens (including phenoxy) is 3. The number of rotatable bonds is 43. The van der Waals surface area contributed by atoms with Gasteiger partial charge in [-0.3, -0.25) is 14.4 Å². The summed E-state index contributed by atoms with van der Waals surface area (Å²) in [6, 6.07) is 0. The molecule has 0 saturated heterocycles. The molecule has 6 nitrogen and oxygen atoms in total. The van der Waals surface area contributed by atoms with Crippen LogP contribution in [0.3, 0.4) is 0 Å². The first kappa shape index (κ1) is 58.1. The van der Waals surface area contributed by atoms with Crippen LogP contribution in [0, 0.1) is 0 Å². The highest BCUT2D eigenvalue weighted by molar-refractivity contribution is 5.71. The van der Waals surface area contributed by atoms with Crippen LogP contribution in [0.1, 0.15) is 207 Å². The zero-order valence-corrected chi connectivity index (χ0v) is 39.8. The van der Waals surface area contributed by atoms with Crippen LogP contribution in [0.4, 0.5) is 0 Å². The van der Waals surface area contributed by atoms with Gasteiger partial charge in [0.2, 0.25) is 0 Å². The van der Waals surface area contributed by atoms with Crippen LogP contribution in [0.15, 0.2) is 109 Å². The first-order chi connectivity index (χ1) is 30.5. The van der Waals surface area contributed by atoms with Gasteiger partial charge in [-0.05, 0) is 109 Å². The number of hydrogen-bond acceptors (Lipinski definition) is 6. The van der Waals surface area contributed by atoms with E-state index in [4.69, 9.17) is 14.2 Å². The van der Waals surface area contributed by atoms with E-state index in [-0.39, 0.29) is 37.5 Å². The Morgan fingerprint density at radius 1 is 0.339 bits per heavy atom.